The van der Waals surface area contributed by atoms with Gasteiger partial charge in [0.05, 0.1) is 6.04 Å². The minimum atomic E-state index is -0.0713. The fourth-order valence-electron chi connectivity index (χ4n) is 1.89. The Bertz CT molecular complexity index is 278. The number of nitrogens with zero attached hydrogens (tertiary/aromatic N) is 1. The maximum atomic E-state index is 11.6. The number of urea groups is 1. The molecule has 1 saturated carbocycles. The van der Waals surface area contributed by atoms with E-state index in [2.05, 4.69) is 11.6 Å². The molecule has 0 aromatic carbocycles. The first-order chi connectivity index (χ1) is 7.22. The summed E-state index contributed by atoms with van der Waals surface area (Å²) in [5, 5.41) is 10.3. The molecular formula is C10H17N3OS. The summed E-state index contributed by atoms with van der Waals surface area (Å²) in [4.78, 5) is 13.4. The summed E-state index contributed by atoms with van der Waals surface area (Å²) in [6, 6.07) is -0.0662. The number of hydrogen-bond acceptors (Lipinski definition) is 3. The fourth-order valence-corrected chi connectivity index (χ4v) is 2.35. The van der Waals surface area contributed by atoms with Crippen molar-refractivity contribution in [3.63, 3.8) is 0 Å². The van der Waals surface area contributed by atoms with Crippen LogP contribution in [0.25, 0.3) is 0 Å². The van der Waals surface area contributed by atoms with E-state index in [0.29, 0.717) is 11.8 Å². The van der Waals surface area contributed by atoms with E-state index in [9.17, 15) is 4.79 Å². The van der Waals surface area contributed by atoms with Crippen LogP contribution in [0.1, 0.15) is 19.3 Å². The van der Waals surface area contributed by atoms with Crippen LogP contribution in [0.5, 0.6) is 0 Å². The van der Waals surface area contributed by atoms with Crippen LogP contribution in [0.15, 0.2) is 0 Å². The Hall–Kier alpha value is -0.710. The predicted octanol–water partition coefficient (Wildman–Crippen LogP) is 1.52. The number of carbonyl (C=O) groups is 1. The second kappa shape index (κ2) is 4.43. The lowest BCUT2D eigenvalue weighted by Crippen LogP contribution is -2.37. The molecule has 0 aromatic heterocycles. The summed E-state index contributed by atoms with van der Waals surface area (Å²) < 4.78 is 0. The van der Waals surface area contributed by atoms with Crippen molar-refractivity contribution in [1.82, 2.24) is 10.2 Å². The van der Waals surface area contributed by atoms with Crippen LogP contribution < -0.4 is 5.32 Å². The molecule has 0 radical (unpaired) electrons. The number of rotatable bonds is 5. The Morgan fingerprint density at radius 3 is 2.93 bits per heavy atom. The zero-order valence-corrected chi connectivity index (χ0v) is 9.77. The molecule has 1 aliphatic heterocycles. The largest absolute Gasteiger partial charge is 0.323 e. The van der Waals surface area contributed by atoms with Gasteiger partial charge in [-0.2, -0.15) is 11.8 Å². The number of amides is 2. The Morgan fingerprint density at radius 1 is 1.60 bits per heavy atom. The average Bonchev–Trinajstić information content (AvgIpc) is 2.95. The van der Waals surface area contributed by atoms with E-state index >= 15 is 0 Å². The lowest BCUT2D eigenvalue weighted by atomic mass is 10.2. The summed E-state index contributed by atoms with van der Waals surface area (Å²) in [7, 11) is 0. The van der Waals surface area contributed by atoms with Gasteiger partial charge in [0, 0.05) is 6.54 Å². The summed E-state index contributed by atoms with van der Waals surface area (Å²) in [6.07, 6.45) is 5.43. The molecule has 84 valence electrons. The number of amidine groups is 1. The predicted molar refractivity (Wildman–Crippen MR) is 62.5 cm³/mol. The first-order valence-corrected chi connectivity index (χ1v) is 6.76. The first kappa shape index (κ1) is 10.8. The molecule has 0 spiro atoms. The molecule has 0 bridgehead atoms. The Balaban J connectivity index is 1.95. The third-order valence-electron chi connectivity index (χ3n) is 2.96. The van der Waals surface area contributed by atoms with E-state index in [1.165, 1.54) is 12.8 Å². The Morgan fingerprint density at radius 2 is 2.33 bits per heavy atom. The standard InChI is InChI=1S/C10H17N3OS/c1-15-5-4-8-9(11)12-10(14)13(8)6-7-2-3-7/h7-8H,2-6H2,1H3,(H2,11,12,14). The van der Waals surface area contributed by atoms with Crippen LogP contribution in [-0.4, -0.2) is 41.4 Å². The molecule has 1 saturated heterocycles. The molecular weight excluding hydrogens is 210 g/mol. The van der Waals surface area contributed by atoms with E-state index < -0.39 is 0 Å². The minimum Gasteiger partial charge on any atom is -0.314 e. The maximum Gasteiger partial charge on any atom is 0.323 e. The van der Waals surface area contributed by atoms with Gasteiger partial charge in [0.15, 0.2) is 0 Å². The van der Waals surface area contributed by atoms with Crippen molar-refractivity contribution in [2.45, 2.75) is 25.3 Å². The summed E-state index contributed by atoms with van der Waals surface area (Å²) in [6.45, 7) is 0.841. The summed E-state index contributed by atoms with van der Waals surface area (Å²) in [5.74, 6) is 2.08. The fraction of sp³-hybridized carbons (Fsp3) is 0.800. The zero-order chi connectivity index (χ0) is 10.8. The zero-order valence-electron chi connectivity index (χ0n) is 8.95. The van der Waals surface area contributed by atoms with E-state index in [0.717, 1.165) is 18.7 Å². The number of carbonyl (C=O) groups excluding carboxylic acids is 1. The molecule has 2 rings (SSSR count). The summed E-state index contributed by atoms with van der Waals surface area (Å²) in [5.41, 5.74) is 0. The summed E-state index contributed by atoms with van der Waals surface area (Å²) >= 11 is 1.77. The Labute approximate surface area is 94.3 Å². The average molecular weight is 227 g/mol. The topological polar surface area (TPSA) is 56.2 Å². The smallest absolute Gasteiger partial charge is 0.314 e. The van der Waals surface area contributed by atoms with Crippen LogP contribution in [0.4, 0.5) is 4.79 Å². The molecule has 1 aliphatic carbocycles. The van der Waals surface area contributed by atoms with Gasteiger partial charge in [0.2, 0.25) is 0 Å². The monoisotopic (exact) mass is 227 g/mol. The second-order valence-electron chi connectivity index (χ2n) is 4.24. The van der Waals surface area contributed by atoms with Crippen LogP contribution in [-0.2, 0) is 0 Å². The third kappa shape index (κ3) is 2.45. The van der Waals surface area contributed by atoms with Gasteiger partial charge in [-0.05, 0) is 37.2 Å². The maximum absolute atomic E-state index is 11.6. The highest BCUT2D eigenvalue weighted by atomic mass is 32.2. The van der Waals surface area contributed by atoms with Crippen molar-refractivity contribution in [3.8, 4) is 0 Å². The SMILES string of the molecule is CSCCC1C(=N)NC(=O)N1CC1CC1. The van der Waals surface area contributed by atoms with Crippen LogP contribution in [0.3, 0.4) is 0 Å². The van der Waals surface area contributed by atoms with Crippen LogP contribution >= 0.6 is 11.8 Å². The molecule has 5 heteroatoms. The van der Waals surface area contributed by atoms with Crippen molar-refractivity contribution in [2.75, 3.05) is 18.6 Å². The van der Waals surface area contributed by atoms with Gasteiger partial charge < -0.3 is 4.90 Å². The molecule has 2 amide bonds. The molecule has 1 unspecified atom stereocenters. The highest BCUT2D eigenvalue weighted by molar-refractivity contribution is 7.98. The van der Waals surface area contributed by atoms with Crippen molar-refractivity contribution in [1.29, 1.82) is 5.41 Å². The van der Waals surface area contributed by atoms with E-state index in [1.54, 1.807) is 11.8 Å². The van der Waals surface area contributed by atoms with Gasteiger partial charge in [-0.15, -0.1) is 0 Å². The minimum absolute atomic E-state index is 0.00514. The van der Waals surface area contributed by atoms with Gasteiger partial charge in [-0.25, -0.2) is 4.79 Å². The number of hydrogen-bond donors (Lipinski definition) is 2. The molecule has 2 fully saturated rings. The lowest BCUT2D eigenvalue weighted by Gasteiger charge is -2.22. The molecule has 2 aliphatic rings. The van der Waals surface area contributed by atoms with Crippen molar-refractivity contribution in [3.05, 3.63) is 0 Å². The Kier molecular flexibility index (Phi) is 3.19. The molecule has 1 atom stereocenters. The van der Waals surface area contributed by atoms with E-state index in [1.807, 2.05) is 4.90 Å². The van der Waals surface area contributed by atoms with Crippen molar-refractivity contribution < 1.29 is 4.79 Å². The van der Waals surface area contributed by atoms with Gasteiger partial charge in [0.25, 0.3) is 0 Å². The highest BCUT2D eigenvalue weighted by Crippen LogP contribution is 2.31. The van der Waals surface area contributed by atoms with E-state index in [-0.39, 0.29) is 12.1 Å². The number of thioether (sulfide) groups is 1. The lowest BCUT2D eigenvalue weighted by molar-refractivity contribution is 0.202. The quantitative estimate of drug-likeness (QED) is 0.748. The van der Waals surface area contributed by atoms with Gasteiger partial charge in [-0.3, -0.25) is 10.7 Å². The normalized spacial score (nSPS) is 25.9. The van der Waals surface area contributed by atoms with Crippen LogP contribution in [0.2, 0.25) is 0 Å². The third-order valence-corrected chi connectivity index (χ3v) is 3.60. The molecule has 4 nitrogen and oxygen atoms in total. The molecule has 15 heavy (non-hydrogen) atoms. The second-order valence-corrected chi connectivity index (χ2v) is 5.22. The van der Waals surface area contributed by atoms with E-state index in [4.69, 9.17) is 5.41 Å². The molecule has 1 heterocycles. The van der Waals surface area contributed by atoms with Gasteiger partial charge in [-0.1, -0.05) is 0 Å². The van der Waals surface area contributed by atoms with Crippen molar-refractivity contribution in [2.24, 2.45) is 5.92 Å². The number of nitrogens with one attached hydrogen (secondary N) is 2. The van der Waals surface area contributed by atoms with Crippen molar-refractivity contribution >= 4 is 23.6 Å². The highest BCUT2D eigenvalue weighted by Gasteiger charge is 2.38. The van der Waals surface area contributed by atoms with Gasteiger partial charge >= 0.3 is 6.03 Å². The van der Waals surface area contributed by atoms with Crippen LogP contribution in [0, 0.1) is 11.3 Å². The first-order valence-electron chi connectivity index (χ1n) is 5.37. The van der Waals surface area contributed by atoms with Gasteiger partial charge in [0.1, 0.15) is 5.84 Å². The molecule has 0 aromatic rings. The molecule has 2 N–H and O–H groups in total.